The quantitative estimate of drug-likeness (QED) is 0.888. The van der Waals surface area contributed by atoms with Gasteiger partial charge in [-0.1, -0.05) is 13.8 Å². The molecule has 1 aliphatic heterocycles. The number of ether oxygens (including phenoxy) is 2. The van der Waals surface area contributed by atoms with E-state index in [1.807, 2.05) is 18.2 Å². The van der Waals surface area contributed by atoms with Crippen LogP contribution in [0.25, 0.3) is 0 Å². The predicted molar refractivity (Wildman–Crippen MR) is 75.5 cm³/mol. The summed E-state index contributed by atoms with van der Waals surface area (Å²) >= 11 is 0. The first-order valence-electron chi connectivity index (χ1n) is 7.15. The smallest absolute Gasteiger partial charge is 0.125 e. The minimum Gasteiger partial charge on any atom is -0.497 e. The van der Waals surface area contributed by atoms with Gasteiger partial charge in [-0.15, -0.1) is 0 Å². The Kier molecular flexibility index (Phi) is 2.97. The maximum absolute atomic E-state index is 6.34. The molecule has 0 bridgehead atoms. The number of fused-ring (bicyclic) bond motifs is 1. The van der Waals surface area contributed by atoms with E-state index in [2.05, 4.69) is 13.8 Å². The number of nitrogens with two attached hydrogens (primary N) is 1. The second kappa shape index (κ2) is 4.41. The Morgan fingerprint density at radius 1 is 1.32 bits per heavy atom. The van der Waals surface area contributed by atoms with Gasteiger partial charge in [-0.2, -0.15) is 0 Å². The number of methoxy groups -OCH3 is 1. The van der Waals surface area contributed by atoms with Gasteiger partial charge in [-0.05, 0) is 42.9 Å². The van der Waals surface area contributed by atoms with Crippen LogP contribution >= 0.6 is 0 Å². The summed E-state index contributed by atoms with van der Waals surface area (Å²) in [4.78, 5) is 0. The van der Waals surface area contributed by atoms with E-state index in [4.69, 9.17) is 15.2 Å². The zero-order chi connectivity index (χ0) is 13.6. The molecule has 104 valence electrons. The molecule has 0 radical (unpaired) electrons. The Balaban J connectivity index is 1.82. The van der Waals surface area contributed by atoms with Crippen molar-refractivity contribution in [1.29, 1.82) is 0 Å². The van der Waals surface area contributed by atoms with Crippen molar-refractivity contribution < 1.29 is 9.47 Å². The second-order valence-electron chi connectivity index (χ2n) is 6.41. The van der Waals surface area contributed by atoms with Crippen LogP contribution in [-0.2, 0) is 0 Å². The molecule has 3 rings (SSSR count). The summed E-state index contributed by atoms with van der Waals surface area (Å²) in [6.45, 7) is 4.58. The number of hydrogen-bond acceptors (Lipinski definition) is 3. The van der Waals surface area contributed by atoms with Gasteiger partial charge in [0.25, 0.3) is 0 Å². The van der Waals surface area contributed by atoms with Crippen LogP contribution in [0, 0.1) is 11.8 Å². The Morgan fingerprint density at radius 2 is 2.05 bits per heavy atom. The molecule has 2 aliphatic rings. The van der Waals surface area contributed by atoms with Gasteiger partial charge < -0.3 is 15.2 Å². The fourth-order valence-corrected chi connectivity index (χ4v) is 3.44. The summed E-state index contributed by atoms with van der Waals surface area (Å²) in [6.07, 6.45) is 3.21. The first-order valence-corrected chi connectivity index (χ1v) is 7.15. The van der Waals surface area contributed by atoms with Crippen LogP contribution in [0.1, 0.15) is 44.7 Å². The van der Waals surface area contributed by atoms with Gasteiger partial charge in [0.05, 0.1) is 7.11 Å². The average molecular weight is 261 g/mol. The lowest BCUT2D eigenvalue weighted by atomic mass is 9.62. The van der Waals surface area contributed by atoms with Crippen molar-refractivity contribution >= 4 is 0 Å². The fourth-order valence-electron chi connectivity index (χ4n) is 3.44. The molecule has 1 heterocycles. The highest BCUT2D eigenvalue weighted by Crippen LogP contribution is 2.53. The van der Waals surface area contributed by atoms with Crippen molar-refractivity contribution in [2.45, 2.75) is 44.8 Å². The van der Waals surface area contributed by atoms with Gasteiger partial charge in [0.1, 0.15) is 17.1 Å². The van der Waals surface area contributed by atoms with Crippen molar-refractivity contribution in [2.75, 3.05) is 7.11 Å². The van der Waals surface area contributed by atoms with E-state index in [1.54, 1.807) is 7.11 Å². The molecular weight excluding hydrogens is 238 g/mol. The monoisotopic (exact) mass is 261 g/mol. The molecule has 0 amide bonds. The van der Waals surface area contributed by atoms with Gasteiger partial charge >= 0.3 is 0 Å². The second-order valence-corrected chi connectivity index (χ2v) is 6.41. The minimum absolute atomic E-state index is 0.00403. The Labute approximate surface area is 115 Å². The third-order valence-electron chi connectivity index (χ3n) is 4.75. The first-order chi connectivity index (χ1) is 9.03. The SMILES string of the molecule is COc1ccc2c(c1)[C@H](N)CC1(CC(C(C)C)C1)O2. The van der Waals surface area contributed by atoms with Crippen molar-refractivity contribution in [3.05, 3.63) is 23.8 Å². The lowest BCUT2D eigenvalue weighted by Crippen LogP contribution is -2.53. The summed E-state index contributed by atoms with van der Waals surface area (Å²) in [5, 5.41) is 0. The van der Waals surface area contributed by atoms with Crippen molar-refractivity contribution in [3.63, 3.8) is 0 Å². The third kappa shape index (κ3) is 2.10. The molecule has 0 saturated heterocycles. The zero-order valence-corrected chi connectivity index (χ0v) is 12.0. The molecule has 0 aromatic heterocycles. The van der Waals surface area contributed by atoms with E-state index in [1.165, 1.54) is 0 Å². The molecule has 1 saturated carbocycles. The maximum atomic E-state index is 6.34. The van der Waals surface area contributed by atoms with Crippen LogP contribution in [0.4, 0.5) is 0 Å². The summed E-state index contributed by atoms with van der Waals surface area (Å²) in [5.74, 6) is 3.32. The Hall–Kier alpha value is -1.22. The van der Waals surface area contributed by atoms with Crippen LogP contribution < -0.4 is 15.2 Å². The zero-order valence-electron chi connectivity index (χ0n) is 12.0. The van der Waals surface area contributed by atoms with E-state index in [9.17, 15) is 0 Å². The van der Waals surface area contributed by atoms with Gasteiger partial charge in [-0.3, -0.25) is 0 Å². The van der Waals surface area contributed by atoms with Crippen LogP contribution in [-0.4, -0.2) is 12.7 Å². The summed E-state index contributed by atoms with van der Waals surface area (Å²) in [7, 11) is 1.68. The van der Waals surface area contributed by atoms with Gasteiger partial charge in [0.2, 0.25) is 0 Å². The Bertz CT molecular complexity index is 478. The lowest BCUT2D eigenvalue weighted by Gasteiger charge is -2.52. The van der Waals surface area contributed by atoms with E-state index in [-0.39, 0.29) is 11.6 Å². The average Bonchev–Trinajstić information content (AvgIpc) is 2.35. The molecule has 1 aromatic carbocycles. The highest BCUT2D eigenvalue weighted by molar-refractivity contribution is 5.44. The van der Waals surface area contributed by atoms with E-state index in [0.717, 1.165) is 48.2 Å². The molecule has 3 heteroatoms. The minimum atomic E-state index is -0.00403. The third-order valence-corrected chi connectivity index (χ3v) is 4.75. The first kappa shape index (κ1) is 12.8. The molecule has 1 fully saturated rings. The summed E-state index contributed by atoms with van der Waals surface area (Å²) in [5.41, 5.74) is 7.42. The number of rotatable bonds is 2. The predicted octanol–water partition coefficient (Wildman–Crippen LogP) is 3.28. The summed E-state index contributed by atoms with van der Waals surface area (Å²) in [6, 6.07) is 6.01. The van der Waals surface area contributed by atoms with Gasteiger partial charge in [-0.25, -0.2) is 0 Å². The standard InChI is InChI=1S/C16H23NO2/c1-10(2)11-7-16(8-11)9-14(17)13-6-12(18-3)4-5-15(13)19-16/h4-6,10-11,14H,7-9,17H2,1-3H3/t11?,14-,16?/m1/s1. The number of hydrogen-bond donors (Lipinski definition) is 1. The van der Waals surface area contributed by atoms with E-state index < -0.39 is 0 Å². The van der Waals surface area contributed by atoms with Crippen LogP contribution in [0.5, 0.6) is 11.5 Å². The lowest BCUT2D eigenvalue weighted by molar-refractivity contribution is -0.0845. The highest BCUT2D eigenvalue weighted by atomic mass is 16.5. The molecule has 1 aliphatic carbocycles. The molecule has 19 heavy (non-hydrogen) atoms. The normalized spacial score (nSPS) is 32.7. The van der Waals surface area contributed by atoms with Gasteiger partial charge in [0, 0.05) is 18.0 Å². The molecular formula is C16H23NO2. The molecule has 1 spiro atoms. The van der Waals surface area contributed by atoms with Gasteiger partial charge in [0.15, 0.2) is 0 Å². The molecule has 1 atom stereocenters. The topological polar surface area (TPSA) is 44.5 Å². The van der Waals surface area contributed by atoms with E-state index in [0.29, 0.717) is 0 Å². The fraction of sp³-hybridized carbons (Fsp3) is 0.625. The highest BCUT2D eigenvalue weighted by Gasteiger charge is 2.50. The molecule has 2 N–H and O–H groups in total. The largest absolute Gasteiger partial charge is 0.497 e. The van der Waals surface area contributed by atoms with Crippen molar-refractivity contribution in [3.8, 4) is 11.5 Å². The van der Waals surface area contributed by atoms with E-state index >= 15 is 0 Å². The molecule has 1 aromatic rings. The Morgan fingerprint density at radius 3 is 2.68 bits per heavy atom. The van der Waals surface area contributed by atoms with Crippen LogP contribution in [0.3, 0.4) is 0 Å². The molecule has 0 unspecified atom stereocenters. The van der Waals surface area contributed by atoms with Crippen LogP contribution in [0.15, 0.2) is 18.2 Å². The van der Waals surface area contributed by atoms with Crippen molar-refractivity contribution in [1.82, 2.24) is 0 Å². The maximum Gasteiger partial charge on any atom is 0.125 e. The van der Waals surface area contributed by atoms with Crippen LogP contribution in [0.2, 0.25) is 0 Å². The number of benzene rings is 1. The molecule has 3 nitrogen and oxygen atoms in total. The van der Waals surface area contributed by atoms with Crippen molar-refractivity contribution in [2.24, 2.45) is 17.6 Å². The summed E-state index contributed by atoms with van der Waals surface area (Å²) < 4.78 is 11.5.